The molecule has 1 aromatic carbocycles. The van der Waals surface area contributed by atoms with Crippen LogP contribution < -0.4 is 10.6 Å². The Hall–Kier alpha value is -0.380. The molecule has 0 radical (unpaired) electrons. The lowest BCUT2D eigenvalue weighted by Crippen LogP contribution is -2.51. The molecule has 1 saturated heterocycles. The van der Waals surface area contributed by atoms with Crippen molar-refractivity contribution in [2.24, 2.45) is 4.99 Å². The van der Waals surface area contributed by atoms with Gasteiger partial charge >= 0.3 is 0 Å². The van der Waals surface area contributed by atoms with Gasteiger partial charge in [-0.15, -0.1) is 24.0 Å². The predicted molar refractivity (Wildman–Crippen MR) is 120 cm³/mol. The number of ether oxygens (including phenoxy) is 2. The van der Waals surface area contributed by atoms with E-state index in [1.165, 1.54) is 22.9 Å². The predicted octanol–water partition coefficient (Wildman–Crippen LogP) is 3.46. The third kappa shape index (κ3) is 5.11. The highest BCUT2D eigenvalue weighted by Gasteiger charge is 2.45. The molecule has 2 fully saturated rings. The largest absolute Gasteiger partial charge is 0.381 e. The van der Waals surface area contributed by atoms with Crippen molar-refractivity contribution in [2.45, 2.75) is 36.7 Å². The van der Waals surface area contributed by atoms with Crippen LogP contribution in [0.4, 0.5) is 0 Å². The zero-order chi connectivity index (χ0) is 17.8. The van der Waals surface area contributed by atoms with Crippen LogP contribution in [0.3, 0.4) is 0 Å². The van der Waals surface area contributed by atoms with Gasteiger partial charge in [-0.2, -0.15) is 0 Å². The molecule has 3 rings (SSSR count). The summed E-state index contributed by atoms with van der Waals surface area (Å²) in [5, 5.41) is 6.95. The second-order valence-corrected chi connectivity index (χ2v) is 7.89. The minimum atomic E-state index is -0.157. The Balaban J connectivity index is 0.00000243. The van der Waals surface area contributed by atoms with Crippen molar-refractivity contribution >= 4 is 45.9 Å². The van der Waals surface area contributed by atoms with Crippen LogP contribution in [-0.2, 0) is 14.9 Å². The van der Waals surface area contributed by atoms with Gasteiger partial charge in [0, 0.05) is 63.2 Å². The Bertz CT molecular complexity index is 617. The van der Waals surface area contributed by atoms with Crippen LogP contribution in [0.15, 0.2) is 33.7 Å². The van der Waals surface area contributed by atoms with E-state index in [0.717, 1.165) is 45.1 Å². The fraction of sp³-hybridized carbons (Fsp3) is 0.632. The Morgan fingerprint density at radius 3 is 2.38 bits per heavy atom. The normalized spacial score (nSPS) is 20.8. The molecule has 0 aromatic heterocycles. The molecule has 1 aliphatic heterocycles. The van der Waals surface area contributed by atoms with Gasteiger partial charge in [-0.1, -0.05) is 34.1 Å². The van der Waals surface area contributed by atoms with Gasteiger partial charge in [0.25, 0.3) is 0 Å². The van der Waals surface area contributed by atoms with E-state index >= 15 is 0 Å². The summed E-state index contributed by atoms with van der Waals surface area (Å²) in [6.07, 6.45) is 4.24. The highest BCUT2D eigenvalue weighted by Crippen LogP contribution is 2.49. The molecule has 0 spiro atoms. The fourth-order valence-corrected chi connectivity index (χ4v) is 4.20. The Kier molecular flexibility index (Phi) is 8.18. The number of hydrogen-bond acceptors (Lipinski definition) is 3. The van der Waals surface area contributed by atoms with Crippen LogP contribution in [0.5, 0.6) is 0 Å². The van der Waals surface area contributed by atoms with Gasteiger partial charge < -0.3 is 20.1 Å². The molecule has 2 N–H and O–H groups in total. The third-order valence-electron chi connectivity index (χ3n) is 5.53. The molecule has 0 bridgehead atoms. The quantitative estimate of drug-likeness (QED) is 0.331. The van der Waals surface area contributed by atoms with E-state index in [9.17, 15) is 0 Å². The zero-order valence-electron chi connectivity index (χ0n) is 15.5. The molecule has 1 saturated carbocycles. The Morgan fingerprint density at radius 1 is 1.15 bits per heavy atom. The lowest BCUT2D eigenvalue weighted by atomic mass is 9.94. The number of benzene rings is 1. The van der Waals surface area contributed by atoms with Crippen LogP contribution in [0.1, 0.15) is 31.2 Å². The van der Waals surface area contributed by atoms with Crippen molar-refractivity contribution in [3.8, 4) is 0 Å². The summed E-state index contributed by atoms with van der Waals surface area (Å²) in [4.78, 5) is 4.38. The van der Waals surface area contributed by atoms with Gasteiger partial charge in [0.2, 0.25) is 0 Å². The summed E-state index contributed by atoms with van der Waals surface area (Å²) in [6, 6.07) is 8.52. The second-order valence-electron chi connectivity index (χ2n) is 7.04. The smallest absolute Gasteiger partial charge is 0.191 e. The van der Waals surface area contributed by atoms with Gasteiger partial charge in [0.15, 0.2) is 5.96 Å². The molecule has 2 aliphatic rings. The summed E-state index contributed by atoms with van der Waals surface area (Å²) >= 11 is 3.69. The first-order valence-electron chi connectivity index (χ1n) is 8.96. The fourth-order valence-electron chi connectivity index (χ4n) is 3.50. The van der Waals surface area contributed by atoms with Crippen molar-refractivity contribution in [3.63, 3.8) is 0 Å². The van der Waals surface area contributed by atoms with Crippen LogP contribution in [-0.4, -0.2) is 52.0 Å². The molecule has 5 nitrogen and oxygen atoms in total. The molecule has 1 aromatic rings. The number of hydrogen-bond donors (Lipinski definition) is 2. The number of nitrogens with zero attached hydrogens (tertiary/aromatic N) is 1. The average molecular weight is 538 g/mol. The molecule has 1 heterocycles. The van der Waals surface area contributed by atoms with Crippen LogP contribution in [0, 0.1) is 0 Å². The average Bonchev–Trinajstić information content (AvgIpc) is 3.44. The van der Waals surface area contributed by atoms with E-state index < -0.39 is 0 Å². The first-order chi connectivity index (χ1) is 12.1. The second kappa shape index (κ2) is 9.71. The van der Waals surface area contributed by atoms with Gasteiger partial charge in [0.05, 0.1) is 5.60 Å². The molecular weight excluding hydrogens is 509 g/mol. The molecule has 0 atom stereocenters. The standard InChI is InChI=1S/C19H28BrN3O2.HI/c1-21-17(23-14-19(24-2)9-11-25-12-10-19)22-13-18(7-8-18)15-5-3-4-6-16(15)20;/h3-6H,7-14H2,1-2H3,(H2,21,22,23);1H. The molecule has 1 aliphatic carbocycles. The van der Waals surface area contributed by atoms with E-state index in [1.807, 2.05) is 7.05 Å². The molecular formula is C19H29BrIN3O2. The number of methoxy groups -OCH3 is 1. The Labute approximate surface area is 181 Å². The molecule has 146 valence electrons. The van der Waals surface area contributed by atoms with Crippen LogP contribution in [0.2, 0.25) is 0 Å². The monoisotopic (exact) mass is 537 g/mol. The van der Waals surface area contributed by atoms with Gasteiger partial charge in [-0.3, -0.25) is 4.99 Å². The van der Waals surface area contributed by atoms with Crippen molar-refractivity contribution < 1.29 is 9.47 Å². The summed E-state index contributed by atoms with van der Waals surface area (Å²) < 4.78 is 12.4. The van der Waals surface area contributed by atoms with E-state index in [1.54, 1.807) is 7.11 Å². The van der Waals surface area contributed by atoms with E-state index in [2.05, 4.69) is 55.8 Å². The van der Waals surface area contributed by atoms with E-state index in [0.29, 0.717) is 0 Å². The minimum absolute atomic E-state index is 0. The van der Waals surface area contributed by atoms with Crippen molar-refractivity contribution in [1.82, 2.24) is 10.6 Å². The summed E-state index contributed by atoms with van der Waals surface area (Å²) in [5.41, 5.74) is 1.45. The number of rotatable bonds is 6. The third-order valence-corrected chi connectivity index (χ3v) is 6.22. The van der Waals surface area contributed by atoms with E-state index in [4.69, 9.17) is 9.47 Å². The summed E-state index contributed by atoms with van der Waals surface area (Å²) in [5.74, 6) is 0.834. The summed E-state index contributed by atoms with van der Waals surface area (Å²) in [7, 11) is 3.60. The molecule has 0 amide bonds. The highest BCUT2D eigenvalue weighted by molar-refractivity contribution is 14.0. The van der Waals surface area contributed by atoms with Crippen molar-refractivity contribution in [2.75, 3.05) is 40.5 Å². The minimum Gasteiger partial charge on any atom is -0.381 e. The maximum atomic E-state index is 5.79. The number of nitrogens with one attached hydrogen (secondary N) is 2. The topological polar surface area (TPSA) is 54.9 Å². The lowest BCUT2D eigenvalue weighted by molar-refractivity contribution is -0.0855. The van der Waals surface area contributed by atoms with Gasteiger partial charge in [-0.05, 0) is 24.5 Å². The zero-order valence-corrected chi connectivity index (χ0v) is 19.4. The highest BCUT2D eigenvalue weighted by atomic mass is 127. The number of halogens is 2. The number of aliphatic imine (C=N–C) groups is 1. The summed E-state index contributed by atoms with van der Waals surface area (Å²) in [6.45, 7) is 3.15. The maximum absolute atomic E-state index is 5.79. The van der Waals surface area contributed by atoms with Crippen LogP contribution >= 0.6 is 39.9 Å². The molecule has 26 heavy (non-hydrogen) atoms. The number of guanidine groups is 1. The molecule has 7 heteroatoms. The van der Waals surface area contributed by atoms with Gasteiger partial charge in [0.1, 0.15) is 0 Å². The lowest BCUT2D eigenvalue weighted by Gasteiger charge is -2.36. The van der Waals surface area contributed by atoms with Crippen molar-refractivity contribution in [1.29, 1.82) is 0 Å². The SMILES string of the molecule is CN=C(NCC1(OC)CCOCC1)NCC1(c2ccccc2Br)CC1.I. The first kappa shape index (κ1) is 21.9. The molecule has 0 unspecified atom stereocenters. The van der Waals surface area contributed by atoms with Gasteiger partial charge in [-0.25, -0.2) is 0 Å². The first-order valence-corrected chi connectivity index (χ1v) is 9.75. The Morgan fingerprint density at radius 2 is 1.81 bits per heavy atom. The maximum Gasteiger partial charge on any atom is 0.191 e. The van der Waals surface area contributed by atoms with Crippen LogP contribution in [0.25, 0.3) is 0 Å². The van der Waals surface area contributed by atoms with Crippen molar-refractivity contribution in [3.05, 3.63) is 34.3 Å². The van der Waals surface area contributed by atoms with E-state index in [-0.39, 0.29) is 35.0 Å².